The standard InChI is InChI=1S/C62H72ClN13O7/c1-5-55(79)75-29-28-74(35-45(75)16-22-64)57-47-21-27-73(52-11-7-9-40-8-6-10-50(63)56(40)52)36-51(47)66-61(67-57)83-37-46-30-43(34-70(46)4)65-59(80)41-19-25-72(26-20-41)60(81)42-17-23-71(24-18-42)33-39-12-14-44(15-13-39)76-58(68-69-62(76)82)49-31-48(38(2)3)53(77)32-54(49)78/h5-15,31-32,38,41-43,45-46,77-78H,1,16-21,23-30,33-37H2,2-4H3,(H,65,80)(H,69,82)/t43-,45-,46-/m0/s1. The minimum Gasteiger partial charge on any atom is -0.508 e. The molecule has 0 bridgehead atoms. The maximum absolute atomic E-state index is 13.9. The Kier molecular flexibility index (Phi) is 16.8. The number of carbonyl (C=O) groups is 3. The highest BCUT2D eigenvalue weighted by Crippen LogP contribution is 2.40. The zero-order chi connectivity index (χ0) is 58.1. The molecule has 0 radical (unpaired) electrons. The summed E-state index contributed by atoms with van der Waals surface area (Å²) in [6, 6.07) is 24.8. The molecule has 0 spiro atoms. The zero-order valence-electron chi connectivity index (χ0n) is 47.3. The number of phenols is 2. The van der Waals surface area contributed by atoms with Crippen LogP contribution in [0.15, 0.2) is 90.2 Å². The molecule has 5 aliphatic heterocycles. The van der Waals surface area contributed by atoms with Crippen molar-refractivity contribution in [1.29, 1.82) is 5.26 Å². The van der Waals surface area contributed by atoms with E-state index in [0.29, 0.717) is 113 Å². The van der Waals surface area contributed by atoms with Crippen LogP contribution >= 0.6 is 11.6 Å². The highest BCUT2D eigenvalue weighted by Gasteiger charge is 2.38. The molecule has 3 amide bonds. The highest BCUT2D eigenvalue weighted by atomic mass is 35.5. The second-order valence-corrected chi connectivity index (χ2v) is 23.6. The van der Waals surface area contributed by atoms with Gasteiger partial charge in [0.1, 0.15) is 23.9 Å². The molecule has 4 fully saturated rings. The fourth-order valence-electron chi connectivity index (χ4n) is 13.0. The number of nitriles is 1. The fraction of sp³-hybridized carbons (Fsp3) is 0.452. The van der Waals surface area contributed by atoms with Crippen molar-refractivity contribution in [1.82, 2.24) is 49.6 Å². The molecule has 0 aliphatic carbocycles. The van der Waals surface area contributed by atoms with Crippen molar-refractivity contribution in [3.05, 3.63) is 123 Å². The molecule has 20 nitrogen and oxygen atoms in total. The Morgan fingerprint density at radius 1 is 0.904 bits per heavy atom. The molecule has 0 saturated carbocycles. The summed E-state index contributed by atoms with van der Waals surface area (Å²) >= 11 is 6.81. The lowest BCUT2D eigenvalue weighted by Crippen LogP contribution is -2.55. The molecule has 11 rings (SSSR count). The summed E-state index contributed by atoms with van der Waals surface area (Å²) < 4.78 is 7.94. The molecule has 6 aromatic rings. The first kappa shape index (κ1) is 56.9. The third-order valence-electron chi connectivity index (χ3n) is 17.6. The lowest BCUT2D eigenvalue weighted by atomic mass is 9.91. The van der Waals surface area contributed by atoms with Gasteiger partial charge in [-0.05, 0) is 118 Å². The lowest BCUT2D eigenvalue weighted by molar-refractivity contribution is -0.140. The van der Waals surface area contributed by atoms with Crippen LogP contribution in [0.2, 0.25) is 5.02 Å². The van der Waals surface area contributed by atoms with Gasteiger partial charge in [-0.25, -0.2) is 14.5 Å². The van der Waals surface area contributed by atoms with Crippen LogP contribution in [0.4, 0.5) is 11.5 Å². The van der Waals surface area contributed by atoms with Crippen molar-refractivity contribution >= 4 is 51.6 Å². The number of likely N-dealkylation sites (N-methyl/N-ethyl adjacent to an activating group) is 1. The maximum Gasteiger partial charge on any atom is 0.348 e. The Balaban J connectivity index is 0.665. The van der Waals surface area contributed by atoms with Gasteiger partial charge in [-0.15, -0.1) is 0 Å². The monoisotopic (exact) mass is 1150 g/mol. The summed E-state index contributed by atoms with van der Waals surface area (Å²) in [5.41, 5.74) is 5.06. The van der Waals surface area contributed by atoms with Gasteiger partial charge in [0.25, 0.3) is 0 Å². The van der Waals surface area contributed by atoms with Gasteiger partial charge in [-0.3, -0.25) is 24.2 Å². The molecule has 0 unspecified atom stereocenters. The zero-order valence-corrected chi connectivity index (χ0v) is 48.1. The van der Waals surface area contributed by atoms with E-state index in [1.165, 1.54) is 16.7 Å². The predicted molar refractivity (Wildman–Crippen MR) is 317 cm³/mol. The Labute approximate surface area is 487 Å². The van der Waals surface area contributed by atoms with Crippen molar-refractivity contribution in [2.75, 3.05) is 82.4 Å². The Hall–Kier alpha value is -7.99. The number of piperidine rings is 2. The summed E-state index contributed by atoms with van der Waals surface area (Å²) in [6.07, 6.45) is 5.57. The number of fused-ring (bicyclic) bond motifs is 2. The largest absolute Gasteiger partial charge is 0.508 e. The molecule has 4 aromatic carbocycles. The number of piperazine rings is 1. The average molecular weight is 1150 g/mol. The van der Waals surface area contributed by atoms with Crippen LogP contribution in [-0.4, -0.2) is 163 Å². The predicted octanol–water partition coefficient (Wildman–Crippen LogP) is 6.76. The summed E-state index contributed by atoms with van der Waals surface area (Å²) in [4.78, 5) is 76.3. The van der Waals surface area contributed by atoms with Gasteiger partial charge in [0, 0.05) is 99.0 Å². The van der Waals surface area contributed by atoms with Gasteiger partial charge in [0.05, 0.1) is 47.0 Å². The highest BCUT2D eigenvalue weighted by molar-refractivity contribution is 6.36. The number of H-pyrrole nitrogens is 1. The van der Waals surface area contributed by atoms with Crippen LogP contribution in [0.1, 0.15) is 80.7 Å². The third kappa shape index (κ3) is 12.0. The second-order valence-electron chi connectivity index (χ2n) is 23.2. The number of aromatic amines is 1. The van der Waals surface area contributed by atoms with Crippen LogP contribution in [0.25, 0.3) is 27.8 Å². The molecule has 434 valence electrons. The fourth-order valence-corrected chi connectivity index (χ4v) is 13.3. The number of amides is 3. The molecular formula is C62H72ClN13O7. The van der Waals surface area contributed by atoms with Crippen molar-refractivity contribution in [3.8, 4) is 40.7 Å². The molecule has 83 heavy (non-hydrogen) atoms. The number of carbonyl (C=O) groups excluding carboxylic acids is 3. The van der Waals surface area contributed by atoms with Gasteiger partial charge >= 0.3 is 11.7 Å². The summed E-state index contributed by atoms with van der Waals surface area (Å²) in [7, 11) is 2.04. The molecular weight excluding hydrogens is 1070 g/mol. The quantitative estimate of drug-likeness (QED) is 0.0779. The van der Waals surface area contributed by atoms with Crippen LogP contribution in [0, 0.1) is 23.2 Å². The topological polar surface area (TPSA) is 233 Å². The minimum atomic E-state index is -0.451. The van der Waals surface area contributed by atoms with E-state index in [0.717, 1.165) is 65.0 Å². The summed E-state index contributed by atoms with van der Waals surface area (Å²) in [5.74, 6) is 0.529. The smallest absolute Gasteiger partial charge is 0.348 e. The number of nitrogens with zero attached hydrogens (tertiary/aromatic N) is 11. The molecule has 5 aliphatic rings. The van der Waals surface area contributed by atoms with Crippen LogP contribution < -0.4 is 25.5 Å². The number of likely N-dealkylation sites (tertiary alicyclic amines) is 3. The lowest BCUT2D eigenvalue weighted by Gasteiger charge is -2.42. The van der Waals surface area contributed by atoms with Crippen LogP contribution in [0.5, 0.6) is 17.5 Å². The number of ether oxygens (including phenoxy) is 1. The molecule has 3 atom stereocenters. The number of halogens is 1. The van der Waals surface area contributed by atoms with Crippen molar-refractivity contribution in [2.45, 2.75) is 95.9 Å². The number of aromatic hydroxyl groups is 2. The van der Waals surface area contributed by atoms with E-state index < -0.39 is 5.69 Å². The van der Waals surface area contributed by atoms with E-state index in [2.05, 4.69) is 66.0 Å². The normalized spacial score (nSPS) is 20.2. The molecule has 21 heteroatoms. The number of anilines is 2. The molecule has 2 aromatic heterocycles. The SMILES string of the molecule is C=CC(=O)N1CCN(c2nc(OC[C@@H]3C[C@H](NC(=O)C4CCN(C(=O)C5CCN(Cc6ccc(-n7c(-c8cc(C(C)C)c(O)cc8O)n[nH]c7=O)cc6)CC5)CC4)CN3C)nc3c2CCN(c2cccc4cccc(Cl)c24)C3)C[C@@H]1CC#N. The van der Waals surface area contributed by atoms with E-state index in [-0.39, 0.29) is 83.4 Å². The summed E-state index contributed by atoms with van der Waals surface area (Å²) in [5, 5.41) is 43.7. The number of hydrogen-bond donors (Lipinski definition) is 4. The average Bonchev–Trinajstić information content (AvgIpc) is 4.28. The molecule has 4 saturated heterocycles. The van der Waals surface area contributed by atoms with E-state index >= 15 is 0 Å². The van der Waals surface area contributed by atoms with E-state index in [1.807, 2.05) is 68.3 Å². The Morgan fingerprint density at radius 3 is 2.39 bits per heavy atom. The maximum atomic E-state index is 13.9. The van der Waals surface area contributed by atoms with Crippen molar-refractivity contribution in [2.24, 2.45) is 11.8 Å². The van der Waals surface area contributed by atoms with Crippen molar-refractivity contribution in [3.63, 3.8) is 0 Å². The second kappa shape index (κ2) is 24.5. The van der Waals surface area contributed by atoms with Crippen LogP contribution in [0.3, 0.4) is 0 Å². The van der Waals surface area contributed by atoms with E-state index in [4.69, 9.17) is 26.3 Å². The van der Waals surface area contributed by atoms with E-state index in [9.17, 15) is 34.7 Å². The third-order valence-corrected chi connectivity index (χ3v) is 17.9. The minimum absolute atomic E-state index is 0.0141. The number of hydrogen-bond acceptors (Lipinski definition) is 15. The Bertz CT molecular complexity index is 3510. The van der Waals surface area contributed by atoms with Gasteiger partial charge in [0.2, 0.25) is 17.7 Å². The Morgan fingerprint density at radius 2 is 1.65 bits per heavy atom. The summed E-state index contributed by atoms with van der Waals surface area (Å²) in [6.45, 7) is 14.5. The number of benzene rings is 4. The molecule has 7 heterocycles. The number of aromatic nitrogens is 5. The first-order chi connectivity index (χ1) is 40.1. The van der Waals surface area contributed by atoms with Gasteiger partial charge in [-0.2, -0.15) is 20.3 Å². The van der Waals surface area contributed by atoms with Gasteiger partial charge < -0.3 is 39.9 Å². The van der Waals surface area contributed by atoms with Gasteiger partial charge in [-0.1, -0.05) is 68.4 Å². The number of rotatable bonds is 15. The number of nitrogens with one attached hydrogen (secondary N) is 2. The molecule has 4 N–H and O–H groups in total. The van der Waals surface area contributed by atoms with Crippen LogP contribution in [-0.2, 0) is 33.9 Å². The first-order valence-electron chi connectivity index (χ1n) is 29.0. The van der Waals surface area contributed by atoms with E-state index in [1.54, 1.807) is 11.0 Å². The van der Waals surface area contributed by atoms with Crippen molar-refractivity contribution < 1.29 is 29.3 Å². The number of phenolic OH excluding ortho intramolecular Hbond substituents is 2. The first-order valence-corrected chi connectivity index (χ1v) is 29.4. The van der Waals surface area contributed by atoms with Gasteiger partial charge in [0.15, 0.2) is 5.82 Å².